The second-order valence-electron chi connectivity index (χ2n) is 5.77. The standard InChI is InChI=1S/C19H12F2N2OS/c1-10-2-3-11-7-12-8-17(25-19(12)23-16(11)6-10)18(24)22-15-5-4-13(20)9-14(15)21/h2-9H,1H3,(H,22,24). The molecule has 0 fully saturated rings. The predicted octanol–water partition coefficient (Wildman–Crippen LogP) is 5.29. The van der Waals surface area contributed by atoms with Crippen molar-refractivity contribution in [3.8, 4) is 0 Å². The molecule has 0 saturated carbocycles. The number of pyridine rings is 1. The summed E-state index contributed by atoms with van der Waals surface area (Å²) in [6.07, 6.45) is 0. The number of nitrogens with one attached hydrogen (secondary N) is 1. The van der Waals surface area contributed by atoms with E-state index in [1.807, 2.05) is 31.2 Å². The summed E-state index contributed by atoms with van der Waals surface area (Å²) < 4.78 is 26.6. The highest BCUT2D eigenvalue weighted by molar-refractivity contribution is 7.20. The molecular formula is C19H12F2N2OS. The van der Waals surface area contributed by atoms with Crippen LogP contribution in [0.3, 0.4) is 0 Å². The van der Waals surface area contributed by atoms with Gasteiger partial charge < -0.3 is 5.32 Å². The highest BCUT2D eigenvalue weighted by atomic mass is 32.1. The first-order chi connectivity index (χ1) is 12.0. The zero-order valence-corrected chi connectivity index (χ0v) is 14.0. The van der Waals surface area contributed by atoms with Gasteiger partial charge in [0.25, 0.3) is 5.91 Å². The lowest BCUT2D eigenvalue weighted by Gasteiger charge is -2.04. The number of thiophene rings is 1. The largest absolute Gasteiger partial charge is 0.319 e. The Balaban J connectivity index is 1.70. The summed E-state index contributed by atoms with van der Waals surface area (Å²) in [6.45, 7) is 2.00. The average molecular weight is 354 g/mol. The lowest BCUT2D eigenvalue weighted by molar-refractivity contribution is 0.103. The van der Waals surface area contributed by atoms with Crippen LogP contribution in [0.5, 0.6) is 0 Å². The van der Waals surface area contributed by atoms with Gasteiger partial charge in [0.1, 0.15) is 16.5 Å². The summed E-state index contributed by atoms with van der Waals surface area (Å²) in [5.74, 6) is -1.95. The van der Waals surface area contributed by atoms with E-state index in [9.17, 15) is 13.6 Å². The van der Waals surface area contributed by atoms with Crippen LogP contribution in [0.4, 0.5) is 14.5 Å². The van der Waals surface area contributed by atoms with E-state index in [-0.39, 0.29) is 5.69 Å². The Morgan fingerprint density at radius 2 is 1.88 bits per heavy atom. The van der Waals surface area contributed by atoms with Crippen LogP contribution in [0.15, 0.2) is 48.5 Å². The fourth-order valence-electron chi connectivity index (χ4n) is 2.62. The van der Waals surface area contributed by atoms with Gasteiger partial charge in [0.2, 0.25) is 0 Å². The third-order valence-corrected chi connectivity index (χ3v) is 4.91. The molecule has 3 nitrogen and oxygen atoms in total. The molecule has 0 aliphatic carbocycles. The summed E-state index contributed by atoms with van der Waals surface area (Å²) in [4.78, 5) is 18.1. The average Bonchev–Trinajstić information content (AvgIpc) is 2.98. The molecule has 4 aromatic rings. The van der Waals surface area contributed by atoms with Crippen LogP contribution >= 0.6 is 11.3 Å². The second kappa shape index (κ2) is 5.89. The molecule has 124 valence electrons. The van der Waals surface area contributed by atoms with Gasteiger partial charge in [-0.25, -0.2) is 13.8 Å². The highest BCUT2D eigenvalue weighted by Gasteiger charge is 2.14. The number of fused-ring (bicyclic) bond motifs is 2. The van der Waals surface area contributed by atoms with Crippen molar-refractivity contribution >= 4 is 44.1 Å². The number of rotatable bonds is 2. The number of amides is 1. The van der Waals surface area contributed by atoms with E-state index in [4.69, 9.17) is 0 Å². The van der Waals surface area contributed by atoms with Crippen LogP contribution in [0.25, 0.3) is 21.1 Å². The maximum Gasteiger partial charge on any atom is 0.265 e. The number of carbonyl (C=O) groups is 1. The van der Waals surface area contributed by atoms with Gasteiger partial charge in [0, 0.05) is 16.8 Å². The third-order valence-electron chi connectivity index (χ3n) is 3.86. The second-order valence-corrected chi connectivity index (χ2v) is 6.80. The Kier molecular flexibility index (Phi) is 3.69. The molecule has 0 atom stereocenters. The minimum atomic E-state index is -0.811. The van der Waals surface area contributed by atoms with Crippen molar-refractivity contribution in [3.05, 3.63) is 70.6 Å². The molecule has 0 saturated heterocycles. The summed E-state index contributed by atoms with van der Waals surface area (Å²) in [5, 5.41) is 4.31. The van der Waals surface area contributed by atoms with Gasteiger partial charge in [-0.2, -0.15) is 0 Å². The number of nitrogens with zero attached hydrogens (tertiary/aromatic N) is 1. The van der Waals surface area contributed by atoms with Crippen LogP contribution < -0.4 is 5.32 Å². The van der Waals surface area contributed by atoms with Crippen molar-refractivity contribution in [2.24, 2.45) is 0 Å². The molecule has 0 aliphatic heterocycles. The Labute approximate surface area is 145 Å². The molecule has 1 amide bonds. The molecule has 2 aromatic heterocycles. The maximum absolute atomic E-state index is 13.7. The molecule has 0 bridgehead atoms. The van der Waals surface area contributed by atoms with E-state index >= 15 is 0 Å². The summed E-state index contributed by atoms with van der Waals surface area (Å²) in [5.41, 5.74) is 1.92. The van der Waals surface area contributed by atoms with Gasteiger partial charge >= 0.3 is 0 Å². The minimum absolute atomic E-state index is 0.0578. The number of carbonyl (C=O) groups excluding carboxylic acids is 1. The van der Waals surface area contributed by atoms with Crippen molar-refractivity contribution < 1.29 is 13.6 Å². The fourth-order valence-corrected chi connectivity index (χ4v) is 3.54. The van der Waals surface area contributed by atoms with E-state index in [0.717, 1.165) is 38.8 Å². The SMILES string of the molecule is Cc1ccc2cc3cc(C(=O)Nc4ccc(F)cc4F)sc3nc2c1. The number of halogens is 2. The molecule has 0 unspecified atom stereocenters. The molecule has 2 aromatic carbocycles. The summed E-state index contributed by atoms with van der Waals surface area (Å²) >= 11 is 1.23. The lowest BCUT2D eigenvalue weighted by atomic mass is 10.1. The minimum Gasteiger partial charge on any atom is -0.319 e. The fraction of sp³-hybridized carbons (Fsp3) is 0.0526. The molecule has 0 radical (unpaired) electrons. The maximum atomic E-state index is 13.7. The molecule has 1 N–H and O–H groups in total. The molecule has 2 heterocycles. The Morgan fingerprint density at radius 1 is 1.04 bits per heavy atom. The molecule has 4 rings (SSSR count). The van der Waals surface area contributed by atoms with Gasteiger partial charge in [0.15, 0.2) is 0 Å². The van der Waals surface area contributed by atoms with Gasteiger partial charge in [-0.05, 0) is 42.8 Å². The molecular weight excluding hydrogens is 342 g/mol. The number of anilines is 1. The summed E-state index contributed by atoms with van der Waals surface area (Å²) in [6, 6.07) is 12.7. The lowest BCUT2D eigenvalue weighted by Crippen LogP contribution is -2.11. The third kappa shape index (κ3) is 2.96. The van der Waals surface area contributed by atoms with Gasteiger partial charge in [-0.3, -0.25) is 4.79 Å². The first kappa shape index (κ1) is 15.7. The zero-order chi connectivity index (χ0) is 17.6. The number of hydrogen-bond donors (Lipinski definition) is 1. The Bertz CT molecular complexity index is 1140. The number of hydrogen-bond acceptors (Lipinski definition) is 3. The van der Waals surface area contributed by atoms with E-state index in [1.165, 1.54) is 17.4 Å². The smallest absolute Gasteiger partial charge is 0.265 e. The van der Waals surface area contributed by atoms with E-state index in [2.05, 4.69) is 10.3 Å². The monoisotopic (exact) mass is 354 g/mol. The van der Waals surface area contributed by atoms with E-state index < -0.39 is 17.5 Å². The quantitative estimate of drug-likeness (QED) is 0.531. The first-order valence-corrected chi connectivity index (χ1v) is 8.38. The van der Waals surface area contributed by atoms with Gasteiger partial charge in [-0.1, -0.05) is 12.1 Å². The van der Waals surface area contributed by atoms with Crippen LogP contribution in [-0.4, -0.2) is 10.9 Å². The summed E-state index contributed by atoms with van der Waals surface area (Å²) in [7, 11) is 0. The Hall–Kier alpha value is -2.86. The van der Waals surface area contributed by atoms with Crippen LogP contribution in [0.1, 0.15) is 15.2 Å². The van der Waals surface area contributed by atoms with Crippen molar-refractivity contribution in [2.75, 3.05) is 5.32 Å². The van der Waals surface area contributed by atoms with E-state index in [0.29, 0.717) is 4.88 Å². The van der Waals surface area contributed by atoms with E-state index in [1.54, 1.807) is 6.07 Å². The molecule has 6 heteroatoms. The molecule has 0 spiro atoms. The Morgan fingerprint density at radius 3 is 2.68 bits per heavy atom. The first-order valence-electron chi connectivity index (χ1n) is 7.57. The van der Waals surface area contributed by atoms with Crippen LogP contribution in [-0.2, 0) is 0 Å². The van der Waals surface area contributed by atoms with Gasteiger partial charge in [-0.15, -0.1) is 11.3 Å². The van der Waals surface area contributed by atoms with Crippen LogP contribution in [0.2, 0.25) is 0 Å². The zero-order valence-electron chi connectivity index (χ0n) is 13.1. The molecule has 0 aliphatic rings. The van der Waals surface area contributed by atoms with Crippen molar-refractivity contribution in [1.29, 1.82) is 0 Å². The number of aromatic nitrogens is 1. The normalized spacial score (nSPS) is 11.2. The van der Waals surface area contributed by atoms with Crippen molar-refractivity contribution in [2.45, 2.75) is 6.92 Å². The number of benzene rings is 2. The topological polar surface area (TPSA) is 42.0 Å². The van der Waals surface area contributed by atoms with Crippen molar-refractivity contribution in [1.82, 2.24) is 4.98 Å². The number of aryl methyl sites for hydroxylation is 1. The van der Waals surface area contributed by atoms with Crippen molar-refractivity contribution in [3.63, 3.8) is 0 Å². The highest BCUT2D eigenvalue weighted by Crippen LogP contribution is 2.28. The molecule has 25 heavy (non-hydrogen) atoms. The van der Waals surface area contributed by atoms with Gasteiger partial charge in [0.05, 0.1) is 16.1 Å². The predicted molar refractivity (Wildman–Crippen MR) is 96.2 cm³/mol. The van der Waals surface area contributed by atoms with Crippen LogP contribution in [0, 0.1) is 18.6 Å².